The van der Waals surface area contributed by atoms with Gasteiger partial charge in [-0.25, -0.2) is 0 Å². The van der Waals surface area contributed by atoms with Gasteiger partial charge in [-0.1, -0.05) is 48.5 Å². The van der Waals surface area contributed by atoms with Crippen LogP contribution in [0.1, 0.15) is 24.0 Å². The summed E-state index contributed by atoms with van der Waals surface area (Å²) in [6, 6.07) is 17.4. The van der Waals surface area contributed by atoms with Gasteiger partial charge in [0.05, 0.1) is 11.6 Å². The van der Waals surface area contributed by atoms with Gasteiger partial charge in [0.15, 0.2) is 0 Å². The van der Waals surface area contributed by atoms with Gasteiger partial charge in [0.25, 0.3) is 0 Å². The molecule has 2 aromatic carbocycles. The average molecular weight is 372 g/mol. The molecular weight excluding hydrogens is 348 g/mol. The van der Waals surface area contributed by atoms with E-state index in [2.05, 4.69) is 23.5 Å². The van der Waals surface area contributed by atoms with E-state index < -0.39 is 5.97 Å². The van der Waals surface area contributed by atoms with Crippen LogP contribution in [0.4, 0.5) is 5.69 Å². The lowest BCUT2D eigenvalue weighted by Gasteiger charge is -2.17. The fourth-order valence-corrected chi connectivity index (χ4v) is 2.96. The number of benzene rings is 2. The number of hydrogen-bond acceptors (Lipinski definition) is 4. The molecule has 2 aromatic rings. The van der Waals surface area contributed by atoms with Crippen LogP contribution in [0.5, 0.6) is 0 Å². The standard InChI is InChI=1S/C20H24N2O3S/c23-19(24)12-6-10-16-9-4-5-11-18(16)21-22-20(25)17(14-26)13-15-7-2-1-3-8-15/h1-5,7-9,11,17,21,26H,6,10,12-14H2,(H,22,25)(H,23,24). The van der Waals surface area contributed by atoms with Crippen LogP contribution >= 0.6 is 12.6 Å². The Morgan fingerprint density at radius 1 is 1.04 bits per heavy atom. The molecule has 0 fully saturated rings. The van der Waals surface area contributed by atoms with Gasteiger partial charge in [0, 0.05) is 12.2 Å². The lowest BCUT2D eigenvalue weighted by molar-refractivity contribution is -0.137. The number of thiol groups is 1. The monoisotopic (exact) mass is 372 g/mol. The molecule has 5 nitrogen and oxygen atoms in total. The first-order valence-electron chi connectivity index (χ1n) is 8.60. The van der Waals surface area contributed by atoms with Gasteiger partial charge in [0.2, 0.25) is 5.91 Å². The molecule has 1 amide bonds. The molecule has 0 aliphatic heterocycles. The second kappa shape index (κ2) is 10.5. The molecule has 1 atom stereocenters. The van der Waals surface area contributed by atoms with Gasteiger partial charge in [-0.15, -0.1) is 0 Å². The number of amides is 1. The first-order valence-corrected chi connectivity index (χ1v) is 9.23. The molecule has 3 N–H and O–H groups in total. The maximum atomic E-state index is 12.5. The lowest BCUT2D eigenvalue weighted by Crippen LogP contribution is -2.37. The minimum absolute atomic E-state index is 0.121. The first-order chi connectivity index (χ1) is 12.6. The van der Waals surface area contributed by atoms with Gasteiger partial charge in [-0.3, -0.25) is 20.4 Å². The molecule has 138 valence electrons. The Labute approximate surface area is 159 Å². The number of carbonyl (C=O) groups excluding carboxylic acids is 1. The molecule has 0 aliphatic rings. The van der Waals surface area contributed by atoms with Gasteiger partial charge < -0.3 is 5.11 Å². The zero-order valence-corrected chi connectivity index (χ0v) is 15.4. The van der Waals surface area contributed by atoms with Gasteiger partial charge in [0.1, 0.15) is 0 Å². The number of carbonyl (C=O) groups is 2. The molecule has 0 heterocycles. The van der Waals surface area contributed by atoms with E-state index in [0.29, 0.717) is 25.0 Å². The molecule has 0 saturated heterocycles. The molecule has 0 saturated carbocycles. The smallest absolute Gasteiger partial charge is 0.303 e. The Bertz CT molecular complexity index is 722. The molecule has 6 heteroatoms. The number of carboxylic acids is 1. The second-order valence-corrected chi connectivity index (χ2v) is 6.45. The highest BCUT2D eigenvalue weighted by Gasteiger charge is 2.17. The van der Waals surface area contributed by atoms with Crippen molar-refractivity contribution >= 4 is 30.2 Å². The quantitative estimate of drug-likeness (QED) is 0.381. The molecule has 0 bridgehead atoms. The van der Waals surface area contributed by atoms with Crippen LogP contribution in [0.2, 0.25) is 0 Å². The highest BCUT2D eigenvalue weighted by molar-refractivity contribution is 7.80. The van der Waals surface area contributed by atoms with Crippen LogP contribution in [0.3, 0.4) is 0 Å². The third-order valence-electron chi connectivity index (χ3n) is 4.09. The zero-order chi connectivity index (χ0) is 18.8. The van der Waals surface area contributed by atoms with Gasteiger partial charge in [-0.2, -0.15) is 12.6 Å². The van der Waals surface area contributed by atoms with E-state index in [1.807, 2.05) is 54.6 Å². The third kappa shape index (κ3) is 6.44. The van der Waals surface area contributed by atoms with Crippen molar-refractivity contribution < 1.29 is 14.7 Å². The number of hydrazine groups is 1. The van der Waals surface area contributed by atoms with Crippen LogP contribution in [0, 0.1) is 5.92 Å². The fourth-order valence-electron chi connectivity index (χ4n) is 2.66. The van der Waals surface area contributed by atoms with E-state index in [0.717, 1.165) is 16.8 Å². The summed E-state index contributed by atoms with van der Waals surface area (Å²) >= 11 is 4.31. The molecule has 26 heavy (non-hydrogen) atoms. The van der Waals surface area contributed by atoms with E-state index in [9.17, 15) is 9.59 Å². The number of rotatable bonds is 10. The molecule has 0 aliphatic carbocycles. The summed E-state index contributed by atoms with van der Waals surface area (Å²) in [5.74, 6) is -0.722. The normalized spacial score (nSPS) is 11.6. The topological polar surface area (TPSA) is 78.4 Å². The summed E-state index contributed by atoms with van der Waals surface area (Å²) < 4.78 is 0. The minimum Gasteiger partial charge on any atom is -0.481 e. The number of aliphatic carboxylic acids is 1. The molecule has 1 unspecified atom stereocenters. The van der Waals surface area contributed by atoms with Crippen LogP contribution in [-0.2, 0) is 22.4 Å². The maximum absolute atomic E-state index is 12.5. The fraction of sp³-hybridized carbons (Fsp3) is 0.300. The molecule has 2 rings (SSSR count). The Morgan fingerprint density at radius 3 is 2.42 bits per heavy atom. The van der Waals surface area contributed by atoms with Crippen molar-refractivity contribution in [2.24, 2.45) is 5.92 Å². The summed E-state index contributed by atoms with van der Waals surface area (Å²) in [5, 5.41) is 8.77. The van der Waals surface area contributed by atoms with Crippen molar-refractivity contribution in [2.45, 2.75) is 25.7 Å². The number of anilines is 1. The second-order valence-electron chi connectivity index (χ2n) is 6.09. The predicted octanol–water partition coefficient (Wildman–Crippen LogP) is 3.33. The molecular formula is C20H24N2O3S. The number of hydrogen-bond donors (Lipinski definition) is 4. The van der Waals surface area contributed by atoms with Gasteiger partial charge >= 0.3 is 5.97 Å². The summed E-state index contributed by atoms with van der Waals surface area (Å²) in [6.07, 6.45) is 1.93. The van der Waals surface area contributed by atoms with Crippen LogP contribution in [0.25, 0.3) is 0 Å². The summed E-state index contributed by atoms with van der Waals surface area (Å²) in [5.41, 5.74) is 8.57. The predicted molar refractivity (Wildman–Crippen MR) is 106 cm³/mol. The van der Waals surface area contributed by atoms with Crippen LogP contribution < -0.4 is 10.9 Å². The highest BCUT2D eigenvalue weighted by Crippen LogP contribution is 2.17. The summed E-state index contributed by atoms with van der Waals surface area (Å²) in [4.78, 5) is 23.1. The van der Waals surface area contributed by atoms with Crippen molar-refractivity contribution in [3.05, 3.63) is 65.7 Å². The van der Waals surface area contributed by atoms with Crippen molar-refractivity contribution in [1.29, 1.82) is 0 Å². The minimum atomic E-state index is -0.804. The van der Waals surface area contributed by atoms with Crippen LogP contribution in [0.15, 0.2) is 54.6 Å². The van der Waals surface area contributed by atoms with E-state index in [-0.39, 0.29) is 18.2 Å². The highest BCUT2D eigenvalue weighted by atomic mass is 32.1. The van der Waals surface area contributed by atoms with Crippen molar-refractivity contribution in [2.75, 3.05) is 11.2 Å². The number of aryl methyl sites for hydroxylation is 1. The Balaban J connectivity index is 1.92. The van der Waals surface area contributed by atoms with E-state index in [1.54, 1.807) is 0 Å². The van der Waals surface area contributed by atoms with E-state index >= 15 is 0 Å². The molecule has 0 spiro atoms. The Kier molecular flexibility index (Phi) is 8.02. The van der Waals surface area contributed by atoms with E-state index in [1.165, 1.54) is 0 Å². The summed E-state index contributed by atoms with van der Waals surface area (Å²) in [6.45, 7) is 0. The van der Waals surface area contributed by atoms with E-state index in [4.69, 9.17) is 5.11 Å². The largest absolute Gasteiger partial charge is 0.481 e. The maximum Gasteiger partial charge on any atom is 0.303 e. The average Bonchev–Trinajstić information content (AvgIpc) is 2.65. The van der Waals surface area contributed by atoms with Crippen LogP contribution in [-0.4, -0.2) is 22.7 Å². The Morgan fingerprint density at radius 2 is 1.73 bits per heavy atom. The van der Waals surface area contributed by atoms with Crippen molar-refractivity contribution in [3.63, 3.8) is 0 Å². The number of para-hydroxylation sites is 1. The SMILES string of the molecule is O=C(O)CCCc1ccccc1NNC(=O)C(CS)Cc1ccccc1. The third-order valence-corrected chi connectivity index (χ3v) is 4.53. The molecule has 0 aromatic heterocycles. The van der Waals surface area contributed by atoms with Gasteiger partial charge in [-0.05, 0) is 36.5 Å². The van der Waals surface area contributed by atoms with Crippen molar-refractivity contribution in [1.82, 2.24) is 5.43 Å². The molecule has 0 radical (unpaired) electrons. The summed E-state index contributed by atoms with van der Waals surface area (Å²) in [7, 11) is 0. The zero-order valence-electron chi connectivity index (χ0n) is 14.5. The number of nitrogens with one attached hydrogen (secondary N) is 2. The Hall–Kier alpha value is -2.47. The van der Waals surface area contributed by atoms with Crippen molar-refractivity contribution in [3.8, 4) is 0 Å². The first kappa shape index (κ1) is 19.8. The number of carboxylic acid groups (broad SMARTS) is 1. The lowest BCUT2D eigenvalue weighted by atomic mass is 10.0.